The zero-order valence-corrected chi connectivity index (χ0v) is 18.9. The second-order valence-electron chi connectivity index (χ2n) is 8.40. The number of nitrogens with zero attached hydrogens (tertiary/aromatic N) is 3. The molecule has 2 aromatic carbocycles. The van der Waals surface area contributed by atoms with E-state index in [-0.39, 0.29) is 30.1 Å². The van der Waals surface area contributed by atoms with Gasteiger partial charge in [0.2, 0.25) is 11.8 Å². The van der Waals surface area contributed by atoms with E-state index in [0.29, 0.717) is 37.5 Å². The molecule has 2 aromatic rings. The minimum atomic E-state index is -0.324. The van der Waals surface area contributed by atoms with Gasteiger partial charge in [0, 0.05) is 63.5 Å². The van der Waals surface area contributed by atoms with Crippen molar-refractivity contribution in [2.75, 3.05) is 57.8 Å². The fraction of sp³-hybridized carbons (Fsp3) is 0.400. The Bertz CT molecular complexity index is 989. The fourth-order valence-electron chi connectivity index (χ4n) is 4.34. The zero-order valence-electron chi connectivity index (χ0n) is 18.9. The van der Waals surface area contributed by atoms with Crippen LogP contribution in [0, 0.1) is 5.92 Å². The van der Waals surface area contributed by atoms with Crippen molar-refractivity contribution in [3.8, 4) is 5.75 Å². The third kappa shape index (κ3) is 5.51. The minimum absolute atomic E-state index is 0.00993. The number of carbonyl (C=O) groups is 3. The lowest BCUT2D eigenvalue weighted by Gasteiger charge is -2.34. The summed E-state index contributed by atoms with van der Waals surface area (Å²) in [6.07, 6.45) is 0.242. The first-order valence-corrected chi connectivity index (χ1v) is 11.3. The van der Waals surface area contributed by atoms with Gasteiger partial charge in [-0.25, -0.2) is 0 Å². The molecule has 4 rings (SSSR count). The van der Waals surface area contributed by atoms with Gasteiger partial charge in [-0.2, -0.15) is 0 Å². The molecule has 2 saturated heterocycles. The Balaban J connectivity index is 1.19. The molecule has 8 nitrogen and oxygen atoms in total. The molecule has 2 fully saturated rings. The van der Waals surface area contributed by atoms with Crippen molar-refractivity contribution in [1.82, 2.24) is 15.1 Å². The van der Waals surface area contributed by atoms with E-state index in [1.165, 1.54) is 0 Å². The Labute approximate surface area is 194 Å². The van der Waals surface area contributed by atoms with E-state index in [0.717, 1.165) is 25.3 Å². The lowest BCUT2D eigenvalue weighted by Crippen LogP contribution is -2.50. The molecular weight excluding hydrogens is 420 g/mol. The summed E-state index contributed by atoms with van der Waals surface area (Å²) in [5, 5.41) is 2.98. The topological polar surface area (TPSA) is 82.2 Å². The molecule has 1 unspecified atom stereocenters. The van der Waals surface area contributed by atoms with Crippen LogP contribution >= 0.6 is 0 Å². The molecule has 0 radical (unpaired) electrons. The Morgan fingerprint density at radius 1 is 1.03 bits per heavy atom. The average Bonchev–Trinajstić information content (AvgIpc) is 3.26. The largest absolute Gasteiger partial charge is 0.497 e. The fourth-order valence-corrected chi connectivity index (χ4v) is 4.34. The number of para-hydroxylation sites is 1. The molecule has 2 aliphatic rings. The van der Waals surface area contributed by atoms with Crippen LogP contribution in [0.1, 0.15) is 16.8 Å². The van der Waals surface area contributed by atoms with E-state index in [4.69, 9.17) is 4.74 Å². The SMILES string of the molecule is COc1cccc(C(=O)N2CCN(CCNC(=O)C3CC(=O)N(c4ccccc4)C3)CC2)c1. The summed E-state index contributed by atoms with van der Waals surface area (Å²) >= 11 is 0. The molecule has 33 heavy (non-hydrogen) atoms. The van der Waals surface area contributed by atoms with Gasteiger partial charge in [0.1, 0.15) is 5.75 Å². The van der Waals surface area contributed by atoms with Gasteiger partial charge in [-0.3, -0.25) is 19.3 Å². The predicted octanol–water partition coefficient (Wildman–Crippen LogP) is 1.62. The van der Waals surface area contributed by atoms with Gasteiger partial charge in [0.25, 0.3) is 5.91 Å². The standard InChI is InChI=1S/C25H30N4O4/c1-33-22-9-5-6-19(16-22)25(32)28-14-12-27(13-15-28)11-10-26-24(31)20-17-23(30)29(18-20)21-7-3-2-4-8-21/h2-9,16,20H,10-15,17-18H2,1H3,(H,26,31). The molecule has 8 heteroatoms. The van der Waals surface area contributed by atoms with Crippen molar-refractivity contribution >= 4 is 23.4 Å². The monoisotopic (exact) mass is 450 g/mol. The van der Waals surface area contributed by atoms with E-state index >= 15 is 0 Å². The Morgan fingerprint density at radius 3 is 2.52 bits per heavy atom. The molecule has 1 N–H and O–H groups in total. The second kappa shape index (κ2) is 10.5. The molecule has 2 aliphatic heterocycles. The Hall–Kier alpha value is -3.39. The summed E-state index contributed by atoms with van der Waals surface area (Å²) in [4.78, 5) is 43.4. The molecule has 0 saturated carbocycles. The highest BCUT2D eigenvalue weighted by Crippen LogP contribution is 2.24. The number of hydrogen-bond donors (Lipinski definition) is 1. The molecule has 0 bridgehead atoms. The maximum Gasteiger partial charge on any atom is 0.254 e. The summed E-state index contributed by atoms with van der Waals surface area (Å²) in [5.74, 6) is 0.267. The molecular formula is C25H30N4O4. The summed E-state index contributed by atoms with van der Waals surface area (Å²) in [6, 6.07) is 16.7. The number of carbonyl (C=O) groups excluding carboxylic acids is 3. The van der Waals surface area contributed by atoms with Crippen LogP contribution in [0.2, 0.25) is 0 Å². The average molecular weight is 451 g/mol. The van der Waals surface area contributed by atoms with Crippen LogP contribution in [0.4, 0.5) is 5.69 Å². The van der Waals surface area contributed by atoms with Crippen molar-refractivity contribution in [3.05, 3.63) is 60.2 Å². The lowest BCUT2D eigenvalue weighted by atomic mass is 10.1. The summed E-state index contributed by atoms with van der Waals surface area (Å²) in [7, 11) is 1.59. The number of hydrogen-bond acceptors (Lipinski definition) is 5. The van der Waals surface area contributed by atoms with E-state index in [1.54, 1.807) is 24.1 Å². The highest BCUT2D eigenvalue weighted by atomic mass is 16.5. The van der Waals surface area contributed by atoms with Crippen LogP contribution in [-0.2, 0) is 9.59 Å². The van der Waals surface area contributed by atoms with Crippen molar-refractivity contribution in [1.29, 1.82) is 0 Å². The number of rotatable bonds is 7. The van der Waals surface area contributed by atoms with Crippen molar-refractivity contribution in [2.24, 2.45) is 5.92 Å². The highest BCUT2D eigenvalue weighted by molar-refractivity contribution is 6.00. The lowest BCUT2D eigenvalue weighted by molar-refractivity contribution is -0.126. The number of nitrogens with one attached hydrogen (secondary N) is 1. The number of amides is 3. The van der Waals surface area contributed by atoms with Gasteiger partial charge >= 0.3 is 0 Å². The minimum Gasteiger partial charge on any atom is -0.497 e. The van der Waals surface area contributed by atoms with E-state index in [2.05, 4.69) is 10.2 Å². The van der Waals surface area contributed by atoms with Crippen molar-refractivity contribution < 1.29 is 19.1 Å². The zero-order chi connectivity index (χ0) is 23.2. The third-order valence-electron chi connectivity index (χ3n) is 6.27. The van der Waals surface area contributed by atoms with Gasteiger partial charge < -0.3 is 19.9 Å². The molecule has 0 spiro atoms. The van der Waals surface area contributed by atoms with Crippen LogP contribution in [0.3, 0.4) is 0 Å². The molecule has 2 heterocycles. The first-order valence-electron chi connectivity index (χ1n) is 11.3. The molecule has 1 atom stereocenters. The van der Waals surface area contributed by atoms with Gasteiger partial charge in [-0.1, -0.05) is 24.3 Å². The number of ether oxygens (including phenoxy) is 1. The van der Waals surface area contributed by atoms with E-state index in [1.807, 2.05) is 47.4 Å². The number of benzene rings is 2. The number of piperazine rings is 1. The van der Waals surface area contributed by atoms with Crippen LogP contribution in [-0.4, -0.2) is 80.4 Å². The summed E-state index contributed by atoms with van der Waals surface area (Å²) in [6.45, 7) is 4.47. The van der Waals surface area contributed by atoms with Crippen LogP contribution in [0.15, 0.2) is 54.6 Å². The first kappa shape index (κ1) is 22.8. The first-order chi connectivity index (χ1) is 16.0. The number of anilines is 1. The normalized spacial score (nSPS) is 18.9. The highest BCUT2D eigenvalue weighted by Gasteiger charge is 2.35. The summed E-state index contributed by atoms with van der Waals surface area (Å²) in [5.41, 5.74) is 1.46. The van der Waals surface area contributed by atoms with Crippen molar-refractivity contribution in [2.45, 2.75) is 6.42 Å². The predicted molar refractivity (Wildman–Crippen MR) is 125 cm³/mol. The van der Waals surface area contributed by atoms with Gasteiger partial charge in [-0.15, -0.1) is 0 Å². The van der Waals surface area contributed by atoms with E-state index < -0.39 is 0 Å². The molecule has 174 valence electrons. The van der Waals surface area contributed by atoms with Crippen molar-refractivity contribution in [3.63, 3.8) is 0 Å². The third-order valence-corrected chi connectivity index (χ3v) is 6.27. The Morgan fingerprint density at radius 2 is 1.79 bits per heavy atom. The second-order valence-corrected chi connectivity index (χ2v) is 8.40. The number of methoxy groups -OCH3 is 1. The van der Waals surface area contributed by atoms with Crippen LogP contribution in [0.5, 0.6) is 5.75 Å². The quantitative estimate of drug-likeness (QED) is 0.693. The van der Waals surface area contributed by atoms with Crippen LogP contribution in [0.25, 0.3) is 0 Å². The van der Waals surface area contributed by atoms with E-state index in [9.17, 15) is 14.4 Å². The molecule has 0 aromatic heterocycles. The summed E-state index contributed by atoms with van der Waals surface area (Å²) < 4.78 is 5.21. The van der Waals surface area contributed by atoms with Gasteiger partial charge in [0.05, 0.1) is 13.0 Å². The van der Waals surface area contributed by atoms with Gasteiger partial charge in [0.15, 0.2) is 0 Å². The van der Waals surface area contributed by atoms with Crippen LogP contribution < -0.4 is 15.0 Å². The Kier molecular flexibility index (Phi) is 7.24. The maximum atomic E-state index is 12.7. The molecule has 3 amide bonds. The maximum absolute atomic E-state index is 12.7. The van der Waals surface area contributed by atoms with Gasteiger partial charge in [-0.05, 0) is 30.3 Å². The smallest absolute Gasteiger partial charge is 0.254 e. The molecule has 0 aliphatic carbocycles.